The predicted octanol–water partition coefficient (Wildman–Crippen LogP) is 8.03. The van der Waals surface area contributed by atoms with E-state index < -0.39 is 53.3 Å². The predicted molar refractivity (Wildman–Crippen MR) is 109 cm³/mol. The van der Waals surface area contributed by atoms with Gasteiger partial charge in [0.15, 0.2) is 11.7 Å². The zero-order valence-electron chi connectivity index (χ0n) is 17.7. The van der Waals surface area contributed by atoms with Crippen LogP contribution >= 0.6 is 0 Å². The van der Waals surface area contributed by atoms with Gasteiger partial charge < -0.3 is 9.47 Å². The fraction of sp³-hybridized carbons (Fsp3) is 0.167. The molecule has 0 aliphatic heterocycles. The topological polar surface area (TPSA) is 18.5 Å². The Labute approximate surface area is 193 Å². The van der Waals surface area contributed by atoms with Gasteiger partial charge in [0.25, 0.3) is 0 Å². The molecule has 0 bridgehead atoms. The highest BCUT2D eigenvalue weighted by molar-refractivity contribution is 5.65. The third-order valence-corrected chi connectivity index (χ3v) is 4.74. The van der Waals surface area contributed by atoms with Crippen LogP contribution in [-0.4, -0.2) is 13.7 Å². The van der Waals surface area contributed by atoms with Gasteiger partial charge in [0.05, 0.1) is 5.56 Å². The van der Waals surface area contributed by atoms with E-state index in [0.717, 1.165) is 55.6 Å². The van der Waals surface area contributed by atoms with Crippen LogP contribution in [0.3, 0.4) is 0 Å². The third-order valence-electron chi connectivity index (χ3n) is 4.74. The van der Waals surface area contributed by atoms with Crippen LogP contribution in [-0.2, 0) is 17.0 Å². The maximum atomic E-state index is 14.5. The molecule has 2 nitrogen and oxygen atoms in total. The lowest BCUT2D eigenvalue weighted by Crippen LogP contribution is -2.21. The summed E-state index contributed by atoms with van der Waals surface area (Å²) in [5.74, 6) is -6.51. The summed E-state index contributed by atoms with van der Waals surface area (Å²) in [7, 11) is 1.15. The summed E-state index contributed by atoms with van der Waals surface area (Å²) in [6, 6.07) is 8.74. The molecular formula is C24H15F9O2. The number of methoxy groups -OCH3 is 1. The second-order valence-corrected chi connectivity index (χ2v) is 7.19. The minimum Gasteiger partial charge on any atom is -0.429 e. The first kappa shape index (κ1) is 26.1. The molecule has 3 aromatic rings. The van der Waals surface area contributed by atoms with Gasteiger partial charge in [-0.15, -0.1) is 0 Å². The Bertz CT molecular complexity index is 1190. The van der Waals surface area contributed by atoms with Gasteiger partial charge in [0.1, 0.15) is 29.6 Å². The highest BCUT2D eigenvalue weighted by atomic mass is 19.4. The minimum absolute atomic E-state index is 0.0388. The molecule has 35 heavy (non-hydrogen) atoms. The highest BCUT2D eigenvalue weighted by Gasteiger charge is 2.38. The Hall–Kier alpha value is -3.47. The molecular weight excluding hydrogens is 491 g/mol. The molecule has 186 valence electrons. The van der Waals surface area contributed by atoms with E-state index in [1.54, 1.807) is 0 Å². The fourth-order valence-corrected chi connectivity index (χ4v) is 3.09. The van der Waals surface area contributed by atoms with Crippen molar-refractivity contribution in [3.63, 3.8) is 0 Å². The molecule has 0 fully saturated rings. The van der Waals surface area contributed by atoms with Crippen molar-refractivity contribution in [1.82, 2.24) is 0 Å². The van der Waals surface area contributed by atoms with Crippen LogP contribution in [0.5, 0.6) is 5.75 Å². The number of hydrogen-bond acceptors (Lipinski definition) is 2. The van der Waals surface area contributed by atoms with Crippen LogP contribution in [0.25, 0.3) is 17.0 Å². The zero-order valence-corrected chi connectivity index (χ0v) is 17.7. The van der Waals surface area contributed by atoms with Gasteiger partial charge in [-0.05, 0) is 47.5 Å². The monoisotopic (exact) mass is 506 g/mol. The van der Waals surface area contributed by atoms with E-state index in [2.05, 4.69) is 9.47 Å². The van der Waals surface area contributed by atoms with Gasteiger partial charge in [-0.1, -0.05) is 24.3 Å². The van der Waals surface area contributed by atoms with Gasteiger partial charge >= 0.3 is 12.3 Å². The van der Waals surface area contributed by atoms with Gasteiger partial charge in [0.2, 0.25) is 0 Å². The molecule has 0 saturated carbocycles. The van der Waals surface area contributed by atoms with Crippen LogP contribution in [0.2, 0.25) is 0 Å². The molecule has 0 aliphatic rings. The molecule has 3 rings (SSSR count). The molecule has 3 aromatic carbocycles. The second-order valence-electron chi connectivity index (χ2n) is 7.19. The summed E-state index contributed by atoms with van der Waals surface area (Å²) in [4.78, 5) is 0. The molecule has 0 aliphatic carbocycles. The van der Waals surface area contributed by atoms with Crippen molar-refractivity contribution < 1.29 is 49.0 Å². The molecule has 0 aromatic heterocycles. The first-order valence-corrected chi connectivity index (χ1v) is 9.71. The first-order chi connectivity index (χ1) is 16.3. The molecule has 0 amide bonds. The van der Waals surface area contributed by atoms with Gasteiger partial charge in [0, 0.05) is 12.7 Å². The van der Waals surface area contributed by atoms with Crippen molar-refractivity contribution in [3.8, 4) is 16.9 Å². The molecule has 0 saturated heterocycles. The molecule has 0 heterocycles. The molecule has 0 unspecified atom stereocenters. The van der Waals surface area contributed by atoms with Gasteiger partial charge in [-0.2, -0.15) is 22.0 Å². The molecule has 0 atom stereocenters. The Balaban J connectivity index is 1.79. The van der Waals surface area contributed by atoms with E-state index in [1.165, 1.54) is 0 Å². The van der Waals surface area contributed by atoms with Gasteiger partial charge in [-0.3, -0.25) is 0 Å². The van der Waals surface area contributed by atoms with Crippen molar-refractivity contribution in [2.45, 2.75) is 12.3 Å². The van der Waals surface area contributed by atoms with Crippen molar-refractivity contribution >= 4 is 5.83 Å². The summed E-state index contributed by atoms with van der Waals surface area (Å²) < 4.78 is 131. The average molecular weight is 506 g/mol. The van der Waals surface area contributed by atoms with E-state index in [-0.39, 0.29) is 22.4 Å². The first-order valence-electron chi connectivity index (χ1n) is 9.71. The maximum Gasteiger partial charge on any atom is 0.426 e. The van der Waals surface area contributed by atoms with Crippen molar-refractivity contribution in [2.24, 2.45) is 0 Å². The standard InChI is InChI=1S/C24H15F9O2/c1-34-12-20(27)22(28)14-2-6-16(7-3-14)24(32,33)35-17-8-4-13(5-9-17)15-10-18(25)21(19(26)11-15)23(29,30)31/h2-11H,12H2,1H3. The number of alkyl halides is 5. The summed E-state index contributed by atoms with van der Waals surface area (Å²) in [6.45, 7) is -0.630. The van der Waals surface area contributed by atoms with Crippen LogP contribution in [0.1, 0.15) is 16.7 Å². The lowest BCUT2D eigenvalue weighted by molar-refractivity contribution is -0.185. The average Bonchev–Trinajstić information content (AvgIpc) is 2.77. The van der Waals surface area contributed by atoms with Crippen molar-refractivity contribution in [2.75, 3.05) is 13.7 Å². The number of halogens is 9. The summed E-state index contributed by atoms with van der Waals surface area (Å²) in [5, 5.41) is 0. The number of ether oxygens (including phenoxy) is 2. The third kappa shape index (κ3) is 5.97. The second kappa shape index (κ2) is 10.0. The Morgan fingerprint density at radius 1 is 0.771 bits per heavy atom. The molecule has 0 radical (unpaired) electrons. The maximum absolute atomic E-state index is 14.5. The normalized spacial score (nSPS) is 13.0. The fourth-order valence-electron chi connectivity index (χ4n) is 3.09. The smallest absolute Gasteiger partial charge is 0.426 e. The summed E-state index contributed by atoms with van der Waals surface area (Å²) in [5.41, 5.74) is -3.23. The minimum atomic E-state index is -5.23. The van der Waals surface area contributed by atoms with Crippen LogP contribution in [0.4, 0.5) is 39.5 Å². The van der Waals surface area contributed by atoms with Crippen molar-refractivity contribution in [3.05, 3.63) is 94.8 Å². The Morgan fingerprint density at radius 3 is 1.80 bits per heavy atom. The van der Waals surface area contributed by atoms with Crippen LogP contribution in [0.15, 0.2) is 66.5 Å². The van der Waals surface area contributed by atoms with E-state index in [4.69, 9.17) is 0 Å². The Morgan fingerprint density at radius 2 is 1.31 bits per heavy atom. The van der Waals surface area contributed by atoms with E-state index in [0.29, 0.717) is 12.1 Å². The molecule has 0 spiro atoms. The van der Waals surface area contributed by atoms with E-state index in [9.17, 15) is 39.5 Å². The van der Waals surface area contributed by atoms with Crippen molar-refractivity contribution in [1.29, 1.82) is 0 Å². The largest absolute Gasteiger partial charge is 0.429 e. The van der Waals surface area contributed by atoms with Gasteiger partial charge in [-0.25, -0.2) is 17.6 Å². The van der Waals surface area contributed by atoms with E-state index >= 15 is 0 Å². The number of rotatable bonds is 7. The number of benzene rings is 3. The number of hydrogen-bond donors (Lipinski definition) is 0. The SMILES string of the molecule is COCC(F)=C(F)c1ccc(C(F)(F)Oc2ccc(-c3cc(F)c(C(F)(F)F)c(F)c3)cc2)cc1. The summed E-state index contributed by atoms with van der Waals surface area (Å²) >= 11 is 0. The Kier molecular flexibility index (Phi) is 7.49. The van der Waals surface area contributed by atoms with E-state index in [1.807, 2.05) is 0 Å². The highest BCUT2D eigenvalue weighted by Crippen LogP contribution is 2.37. The summed E-state index contributed by atoms with van der Waals surface area (Å²) in [6.07, 6.45) is -9.13. The zero-order chi connectivity index (χ0) is 26.0. The molecule has 0 N–H and O–H groups in total. The quantitative estimate of drug-likeness (QED) is 0.302. The molecule has 11 heteroatoms. The lowest BCUT2D eigenvalue weighted by Gasteiger charge is -2.19. The van der Waals surface area contributed by atoms with Crippen LogP contribution in [0, 0.1) is 11.6 Å². The van der Waals surface area contributed by atoms with Crippen LogP contribution < -0.4 is 4.74 Å². The lowest BCUT2D eigenvalue weighted by atomic mass is 10.0.